The van der Waals surface area contributed by atoms with Gasteiger partial charge in [0.25, 0.3) is 0 Å². The van der Waals surface area contributed by atoms with Gasteiger partial charge in [0, 0.05) is 12.8 Å². The lowest BCUT2D eigenvalue weighted by atomic mass is 9.91. The number of rotatable bonds is 35. The molecule has 1 rings (SSSR count). The third-order valence-electron chi connectivity index (χ3n) is 10.5. The largest absolute Gasteiger partial charge is 0.456 e. The van der Waals surface area contributed by atoms with Crippen LogP contribution in [-0.2, 0) is 19.1 Å². The number of carbonyl (C=O) groups excluding carboxylic acids is 2. The molecule has 1 aliphatic heterocycles. The normalized spacial score (nSPS) is 20.9. The van der Waals surface area contributed by atoms with Crippen LogP contribution in [0, 0.1) is 0 Å². The summed E-state index contributed by atoms with van der Waals surface area (Å²) in [6.07, 6.45) is 31.3. The average Bonchev–Trinajstić information content (AvgIpc) is 3.10. The Morgan fingerprint density at radius 2 is 0.816 bits per heavy atom. The first-order valence-corrected chi connectivity index (χ1v) is 21.3. The molecule has 7 heteroatoms. The van der Waals surface area contributed by atoms with Crippen molar-refractivity contribution >= 4 is 11.8 Å². The molecule has 0 bridgehead atoms. The molecular weight excluding hydrogens is 616 g/mol. The van der Waals surface area contributed by atoms with Gasteiger partial charge in [-0.1, -0.05) is 194 Å². The van der Waals surface area contributed by atoms with Crippen molar-refractivity contribution in [3.63, 3.8) is 0 Å². The molecule has 1 fully saturated rings. The molecule has 0 aromatic rings. The van der Waals surface area contributed by atoms with Gasteiger partial charge in [0.2, 0.25) is 0 Å². The number of unbranched alkanes of at least 4 members (excludes halogenated alkanes) is 28. The van der Waals surface area contributed by atoms with E-state index < -0.39 is 43.1 Å². The van der Waals surface area contributed by atoms with Crippen LogP contribution in [0.3, 0.4) is 0 Å². The van der Waals surface area contributed by atoms with E-state index in [4.69, 9.17) is 9.47 Å². The summed E-state index contributed by atoms with van der Waals surface area (Å²) in [5.41, 5.74) is 0. The Morgan fingerprint density at radius 1 is 0.490 bits per heavy atom. The molecule has 1 saturated heterocycles. The molecular formula is C42H80O7. The van der Waals surface area contributed by atoms with Crippen LogP contribution in [0.15, 0.2) is 0 Å². The van der Waals surface area contributed by atoms with Crippen LogP contribution in [0.4, 0.5) is 0 Å². The first kappa shape index (κ1) is 46.0. The molecule has 1 aliphatic rings. The third kappa shape index (κ3) is 24.0. The van der Waals surface area contributed by atoms with Crippen LogP contribution >= 0.6 is 0 Å². The number of hydrogen-bond acceptors (Lipinski definition) is 7. The minimum atomic E-state index is -1.48. The van der Waals surface area contributed by atoms with E-state index in [1.807, 2.05) is 0 Å². The van der Waals surface area contributed by atoms with Gasteiger partial charge in [0.1, 0.15) is 18.3 Å². The van der Waals surface area contributed by atoms with E-state index in [0.29, 0.717) is 12.8 Å². The first-order chi connectivity index (χ1) is 24.0. The van der Waals surface area contributed by atoms with Crippen molar-refractivity contribution in [2.45, 2.75) is 250 Å². The van der Waals surface area contributed by atoms with Gasteiger partial charge >= 0.3 is 5.97 Å². The summed E-state index contributed by atoms with van der Waals surface area (Å²) in [7, 11) is 0. The van der Waals surface area contributed by atoms with Crippen LogP contribution in [-0.4, -0.2) is 64.2 Å². The lowest BCUT2D eigenvalue weighted by Gasteiger charge is -2.41. The number of ether oxygens (including phenoxy) is 2. The zero-order valence-corrected chi connectivity index (χ0v) is 32.2. The SMILES string of the molecule is CCCCCCCCCCCCCCCCCC(=O)O[C@@H]1[C@@H](O)[C@@H](O)[C@@H](CO)O[C@H]1C(=O)CCCCCCCCCCCCCCCCC. The topological polar surface area (TPSA) is 113 Å². The zero-order chi connectivity index (χ0) is 35.8. The predicted octanol–water partition coefficient (Wildman–Crippen LogP) is 10.5. The highest BCUT2D eigenvalue weighted by molar-refractivity contribution is 5.84. The van der Waals surface area contributed by atoms with Crippen molar-refractivity contribution in [1.82, 2.24) is 0 Å². The average molecular weight is 697 g/mol. The van der Waals surface area contributed by atoms with E-state index in [1.165, 1.54) is 154 Å². The molecule has 290 valence electrons. The number of hydrogen-bond donors (Lipinski definition) is 3. The molecule has 0 spiro atoms. The van der Waals surface area contributed by atoms with E-state index in [-0.39, 0.29) is 18.6 Å². The molecule has 7 nitrogen and oxygen atoms in total. The lowest BCUT2D eigenvalue weighted by molar-refractivity contribution is -0.235. The zero-order valence-electron chi connectivity index (χ0n) is 32.2. The Labute approximate surface area is 302 Å². The molecule has 5 atom stereocenters. The Kier molecular flexibility index (Phi) is 30.8. The second-order valence-corrected chi connectivity index (χ2v) is 15.1. The first-order valence-electron chi connectivity index (χ1n) is 21.3. The van der Waals surface area contributed by atoms with Gasteiger partial charge in [-0.2, -0.15) is 0 Å². The smallest absolute Gasteiger partial charge is 0.306 e. The molecule has 0 unspecified atom stereocenters. The fraction of sp³-hybridized carbons (Fsp3) is 0.952. The van der Waals surface area contributed by atoms with Gasteiger partial charge < -0.3 is 24.8 Å². The molecule has 3 N–H and O–H groups in total. The monoisotopic (exact) mass is 697 g/mol. The number of Topliss-reactive ketones (excluding diaryl/α,β-unsaturated/α-hetero) is 1. The van der Waals surface area contributed by atoms with Crippen molar-refractivity contribution < 1.29 is 34.4 Å². The molecule has 0 aromatic carbocycles. The predicted molar refractivity (Wildman–Crippen MR) is 202 cm³/mol. The summed E-state index contributed by atoms with van der Waals surface area (Å²) in [5, 5.41) is 30.8. The van der Waals surface area contributed by atoms with Gasteiger partial charge in [-0.05, 0) is 12.8 Å². The minimum Gasteiger partial charge on any atom is -0.456 e. The van der Waals surface area contributed by atoms with E-state index >= 15 is 0 Å². The molecule has 1 heterocycles. The van der Waals surface area contributed by atoms with E-state index in [0.717, 1.165) is 25.7 Å². The van der Waals surface area contributed by atoms with Crippen LogP contribution in [0.2, 0.25) is 0 Å². The van der Waals surface area contributed by atoms with E-state index in [2.05, 4.69) is 13.8 Å². The minimum absolute atomic E-state index is 0.209. The maximum atomic E-state index is 13.2. The Morgan fingerprint density at radius 3 is 1.16 bits per heavy atom. The summed E-state index contributed by atoms with van der Waals surface area (Å²) in [6, 6.07) is 0. The quantitative estimate of drug-likeness (QED) is 0.0446. The Hall–Kier alpha value is -1.02. The molecule has 49 heavy (non-hydrogen) atoms. The number of esters is 1. The van der Waals surface area contributed by atoms with E-state index in [1.54, 1.807) is 0 Å². The van der Waals surface area contributed by atoms with Crippen molar-refractivity contribution in [3.05, 3.63) is 0 Å². The molecule has 0 radical (unpaired) electrons. The Bertz CT molecular complexity index is 759. The maximum Gasteiger partial charge on any atom is 0.306 e. The summed E-state index contributed by atoms with van der Waals surface area (Å²) in [4.78, 5) is 25.8. The summed E-state index contributed by atoms with van der Waals surface area (Å²) in [5.74, 6) is -0.731. The molecule has 0 aromatic heterocycles. The second-order valence-electron chi connectivity index (χ2n) is 15.1. The molecule has 0 amide bonds. The van der Waals surface area contributed by atoms with Gasteiger partial charge in [0.05, 0.1) is 6.61 Å². The highest BCUT2D eigenvalue weighted by atomic mass is 16.6. The highest BCUT2D eigenvalue weighted by Crippen LogP contribution is 2.27. The van der Waals surface area contributed by atoms with Gasteiger partial charge in [-0.25, -0.2) is 0 Å². The van der Waals surface area contributed by atoms with Crippen LogP contribution in [0.25, 0.3) is 0 Å². The highest BCUT2D eigenvalue weighted by Gasteiger charge is 2.48. The van der Waals surface area contributed by atoms with Crippen molar-refractivity contribution in [2.24, 2.45) is 0 Å². The summed E-state index contributed by atoms with van der Waals surface area (Å²) in [6.45, 7) is 3.99. The lowest BCUT2D eigenvalue weighted by Crippen LogP contribution is -2.61. The fourth-order valence-electron chi connectivity index (χ4n) is 7.15. The summed E-state index contributed by atoms with van der Waals surface area (Å²) < 4.78 is 11.3. The van der Waals surface area contributed by atoms with Crippen molar-refractivity contribution in [1.29, 1.82) is 0 Å². The van der Waals surface area contributed by atoms with Gasteiger partial charge in [-0.3, -0.25) is 9.59 Å². The van der Waals surface area contributed by atoms with Gasteiger partial charge in [-0.15, -0.1) is 0 Å². The van der Waals surface area contributed by atoms with E-state index in [9.17, 15) is 24.9 Å². The molecule has 0 saturated carbocycles. The second kappa shape index (κ2) is 32.9. The van der Waals surface area contributed by atoms with Crippen LogP contribution < -0.4 is 0 Å². The van der Waals surface area contributed by atoms with Crippen molar-refractivity contribution in [2.75, 3.05) is 6.61 Å². The maximum absolute atomic E-state index is 13.2. The summed E-state index contributed by atoms with van der Waals surface area (Å²) >= 11 is 0. The van der Waals surface area contributed by atoms with Crippen LogP contribution in [0.1, 0.15) is 219 Å². The number of carbonyl (C=O) groups is 2. The molecule has 0 aliphatic carbocycles. The standard InChI is InChI=1S/C42H80O7/c1-3-5-7-9-11-13-15-17-19-21-23-25-27-29-31-33-36(44)41-42(40(47)39(46)37(35-43)48-41)49-38(45)34-32-30-28-26-24-22-20-18-16-14-12-10-8-6-4-2/h37,39-43,46-47H,3-35H2,1-2H3/t37-,39+,40+,41+,42-/m1/s1. The number of ketones is 1. The van der Waals surface area contributed by atoms with Gasteiger partial charge in [0.15, 0.2) is 18.0 Å². The fourth-order valence-corrected chi connectivity index (χ4v) is 7.15. The number of aliphatic hydroxyl groups excluding tert-OH is 3. The third-order valence-corrected chi connectivity index (χ3v) is 10.5. The number of aliphatic hydroxyl groups is 3. The van der Waals surface area contributed by atoms with Crippen molar-refractivity contribution in [3.8, 4) is 0 Å². The Balaban J connectivity index is 2.20. The van der Waals surface area contributed by atoms with Crippen LogP contribution in [0.5, 0.6) is 0 Å².